The average molecular weight is 384 g/mol. The van der Waals surface area contributed by atoms with Crippen LogP contribution in [0.1, 0.15) is 12.1 Å². The van der Waals surface area contributed by atoms with Crippen LogP contribution in [0.25, 0.3) is 10.6 Å². The summed E-state index contributed by atoms with van der Waals surface area (Å²) in [6.07, 6.45) is 0.393. The number of hydrogen-bond donors (Lipinski definition) is 2. The average Bonchev–Trinajstić information content (AvgIpc) is 3.30. The summed E-state index contributed by atoms with van der Waals surface area (Å²) in [6, 6.07) is 14.9. The van der Waals surface area contributed by atoms with Gasteiger partial charge in [-0.25, -0.2) is 0 Å². The minimum Gasteiger partial charge on any atom is -0.497 e. The molecule has 3 aromatic rings. The van der Waals surface area contributed by atoms with Crippen molar-refractivity contribution in [3.63, 3.8) is 0 Å². The molecule has 0 aliphatic heterocycles. The highest BCUT2D eigenvalue weighted by Gasteiger charge is 2.15. The molecular formula is C20H20N2O4S. The summed E-state index contributed by atoms with van der Waals surface area (Å²) in [5.74, 6) is -0.316. The number of aromatic nitrogens is 1. The molecular weight excluding hydrogens is 364 g/mol. The number of carbonyl (C=O) groups is 2. The van der Waals surface area contributed by atoms with Crippen molar-refractivity contribution in [1.82, 2.24) is 4.57 Å². The maximum Gasteiger partial charge on any atom is 0.303 e. The summed E-state index contributed by atoms with van der Waals surface area (Å²) in [5, 5.41) is 13.8. The van der Waals surface area contributed by atoms with E-state index in [2.05, 4.69) is 5.32 Å². The zero-order chi connectivity index (χ0) is 19.2. The second-order valence-electron chi connectivity index (χ2n) is 5.94. The molecule has 2 heterocycles. The molecule has 0 fully saturated rings. The van der Waals surface area contributed by atoms with Crippen LogP contribution in [0, 0.1) is 0 Å². The van der Waals surface area contributed by atoms with E-state index in [4.69, 9.17) is 9.84 Å². The van der Waals surface area contributed by atoms with Gasteiger partial charge >= 0.3 is 5.97 Å². The molecule has 6 nitrogen and oxygen atoms in total. The van der Waals surface area contributed by atoms with Gasteiger partial charge in [-0.3, -0.25) is 9.59 Å². The summed E-state index contributed by atoms with van der Waals surface area (Å²) in [7, 11) is 1.59. The number of thiophene rings is 1. The number of nitrogens with zero attached hydrogens (tertiary/aromatic N) is 1. The number of aliphatic carboxylic acids is 1. The van der Waals surface area contributed by atoms with Gasteiger partial charge in [-0.15, -0.1) is 11.3 Å². The molecule has 0 radical (unpaired) electrons. The van der Waals surface area contributed by atoms with Crippen LogP contribution in [-0.2, 0) is 22.6 Å². The zero-order valence-corrected chi connectivity index (χ0v) is 15.7. The first-order valence-electron chi connectivity index (χ1n) is 8.45. The van der Waals surface area contributed by atoms with E-state index in [0.717, 1.165) is 16.3 Å². The predicted octanol–water partition coefficient (Wildman–Crippen LogP) is 3.88. The lowest BCUT2D eigenvalue weighted by atomic mass is 10.2. The van der Waals surface area contributed by atoms with Crippen LogP contribution in [-0.4, -0.2) is 28.7 Å². The highest BCUT2D eigenvalue weighted by atomic mass is 32.1. The molecule has 27 heavy (non-hydrogen) atoms. The minimum atomic E-state index is -0.858. The number of rotatable bonds is 8. The van der Waals surface area contributed by atoms with Gasteiger partial charge in [0.1, 0.15) is 12.3 Å². The molecule has 0 unspecified atom stereocenters. The molecule has 0 saturated carbocycles. The van der Waals surface area contributed by atoms with E-state index in [1.54, 1.807) is 42.7 Å². The van der Waals surface area contributed by atoms with Crippen LogP contribution < -0.4 is 10.1 Å². The van der Waals surface area contributed by atoms with E-state index in [0.29, 0.717) is 17.9 Å². The molecule has 3 rings (SSSR count). The standard InChI is InChI=1S/C20H20N2O4S/c1-26-16-8-4-14(5-9-16)21-19(23)13-22-15(7-11-20(24)25)6-10-17(22)18-3-2-12-27-18/h2-6,8-10,12H,7,11,13H2,1H3,(H,21,23)(H,24,25). The molecule has 0 atom stereocenters. The summed E-state index contributed by atoms with van der Waals surface area (Å²) in [4.78, 5) is 24.5. The summed E-state index contributed by atoms with van der Waals surface area (Å²) >= 11 is 1.58. The van der Waals surface area contributed by atoms with Crippen LogP contribution in [0.4, 0.5) is 5.69 Å². The van der Waals surface area contributed by atoms with Crippen molar-refractivity contribution in [2.45, 2.75) is 19.4 Å². The fraction of sp³-hybridized carbons (Fsp3) is 0.200. The third-order valence-electron chi connectivity index (χ3n) is 4.12. The quantitative estimate of drug-likeness (QED) is 0.618. The monoisotopic (exact) mass is 384 g/mol. The van der Waals surface area contributed by atoms with Gasteiger partial charge < -0.3 is 19.7 Å². The second-order valence-corrected chi connectivity index (χ2v) is 6.89. The molecule has 0 saturated heterocycles. The largest absolute Gasteiger partial charge is 0.497 e. The molecule has 1 aromatic carbocycles. The van der Waals surface area contributed by atoms with Gasteiger partial charge in [-0.1, -0.05) is 6.07 Å². The summed E-state index contributed by atoms with van der Waals surface area (Å²) < 4.78 is 7.00. The number of carboxylic acid groups (broad SMARTS) is 1. The van der Waals surface area contributed by atoms with Gasteiger partial charge in [0.25, 0.3) is 0 Å². The Kier molecular flexibility index (Phi) is 5.93. The van der Waals surface area contributed by atoms with Crippen molar-refractivity contribution in [1.29, 1.82) is 0 Å². The van der Waals surface area contributed by atoms with Gasteiger partial charge in [0.2, 0.25) is 5.91 Å². The number of ether oxygens (including phenoxy) is 1. The second kappa shape index (κ2) is 8.55. The van der Waals surface area contributed by atoms with E-state index in [9.17, 15) is 9.59 Å². The molecule has 1 amide bonds. The van der Waals surface area contributed by atoms with Crippen molar-refractivity contribution in [2.24, 2.45) is 0 Å². The Labute approximate surface area is 161 Å². The van der Waals surface area contributed by atoms with Gasteiger partial charge in [-0.05, 0) is 54.3 Å². The Morgan fingerprint density at radius 1 is 1.15 bits per heavy atom. The highest BCUT2D eigenvalue weighted by Crippen LogP contribution is 2.28. The summed E-state index contributed by atoms with van der Waals surface area (Å²) in [5.41, 5.74) is 2.42. The summed E-state index contributed by atoms with van der Waals surface area (Å²) in [6.45, 7) is 0.112. The molecule has 0 aliphatic rings. The van der Waals surface area contributed by atoms with Crippen LogP contribution in [0.15, 0.2) is 53.9 Å². The lowest BCUT2D eigenvalue weighted by molar-refractivity contribution is -0.137. The lowest BCUT2D eigenvalue weighted by Gasteiger charge is -2.13. The smallest absolute Gasteiger partial charge is 0.303 e. The normalized spacial score (nSPS) is 10.6. The van der Waals surface area contributed by atoms with E-state index >= 15 is 0 Å². The van der Waals surface area contributed by atoms with E-state index < -0.39 is 5.97 Å². The SMILES string of the molecule is COc1ccc(NC(=O)Cn2c(CCC(=O)O)ccc2-c2cccs2)cc1. The number of carboxylic acids is 1. The molecule has 7 heteroatoms. The van der Waals surface area contributed by atoms with Crippen LogP contribution in [0.5, 0.6) is 5.75 Å². The van der Waals surface area contributed by atoms with Crippen molar-refractivity contribution >= 4 is 28.9 Å². The third kappa shape index (κ3) is 4.77. The third-order valence-corrected chi connectivity index (χ3v) is 5.01. The number of amides is 1. The number of hydrogen-bond acceptors (Lipinski definition) is 4. The molecule has 2 N–H and O–H groups in total. The molecule has 0 aliphatic carbocycles. The van der Waals surface area contributed by atoms with Crippen LogP contribution >= 0.6 is 11.3 Å². The van der Waals surface area contributed by atoms with Gasteiger partial charge in [0.05, 0.1) is 24.1 Å². The predicted molar refractivity (Wildman–Crippen MR) is 105 cm³/mol. The fourth-order valence-electron chi connectivity index (χ4n) is 2.81. The number of benzene rings is 1. The topological polar surface area (TPSA) is 80.6 Å². The highest BCUT2D eigenvalue weighted by molar-refractivity contribution is 7.13. The van der Waals surface area contributed by atoms with Crippen molar-refractivity contribution in [3.05, 3.63) is 59.6 Å². The first-order chi connectivity index (χ1) is 13.1. The number of carbonyl (C=O) groups excluding carboxylic acids is 1. The lowest BCUT2D eigenvalue weighted by Crippen LogP contribution is -2.20. The Hall–Kier alpha value is -3.06. The Balaban J connectivity index is 1.79. The van der Waals surface area contributed by atoms with E-state index in [1.807, 2.05) is 34.2 Å². The zero-order valence-electron chi connectivity index (χ0n) is 14.8. The van der Waals surface area contributed by atoms with Crippen molar-refractivity contribution < 1.29 is 19.4 Å². The number of anilines is 1. The van der Waals surface area contributed by atoms with Crippen molar-refractivity contribution in [2.75, 3.05) is 12.4 Å². The van der Waals surface area contributed by atoms with Gasteiger partial charge in [0.15, 0.2) is 0 Å². The first kappa shape index (κ1) is 18.7. The Morgan fingerprint density at radius 3 is 2.56 bits per heavy atom. The number of nitrogens with one attached hydrogen (secondary N) is 1. The minimum absolute atomic E-state index is 0.0218. The molecule has 0 spiro atoms. The number of methoxy groups -OCH3 is 1. The molecule has 2 aromatic heterocycles. The first-order valence-corrected chi connectivity index (χ1v) is 9.33. The fourth-order valence-corrected chi connectivity index (χ4v) is 3.57. The number of aryl methyl sites for hydroxylation is 1. The van der Waals surface area contributed by atoms with Gasteiger partial charge in [-0.2, -0.15) is 0 Å². The van der Waals surface area contributed by atoms with E-state index in [1.165, 1.54) is 0 Å². The van der Waals surface area contributed by atoms with Crippen LogP contribution in [0.3, 0.4) is 0 Å². The van der Waals surface area contributed by atoms with Crippen LogP contribution in [0.2, 0.25) is 0 Å². The molecule has 140 valence electrons. The Morgan fingerprint density at radius 2 is 1.93 bits per heavy atom. The van der Waals surface area contributed by atoms with Gasteiger partial charge in [0, 0.05) is 11.4 Å². The Bertz CT molecular complexity index is 914. The van der Waals surface area contributed by atoms with E-state index in [-0.39, 0.29) is 18.9 Å². The molecule has 0 bridgehead atoms. The maximum atomic E-state index is 12.6. The maximum absolute atomic E-state index is 12.6. The van der Waals surface area contributed by atoms with Crippen molar-refractivity contribution in [3.8, 4) is 16.3 Å².